The Balaban J connectivity index is 1.57. The quantitative estimate of drug-likeness (QED) is 0.566. The van der Waals surface area contributed by atoms with Crippen LogP contribution in [0.4, 0.5) is 0 Å². The van der Waals surface area contributed by atoms with Crippen LogP contribution in [0.5, 0.6) is 23.0 Å². The van der Waals surface area contributed by atoms with Crippen LogP contribution < -0.4 is 14.2 Å². The summed E-state index contributed by atoms with van der Waals surface area (Å²) < 4.78 is 18.0. The summed E-state index contributed by atoms with van der Waals surface area (Å²) in [5, 5.41) is 9.79. The third-order valence-corrected chi connectivity index (χ3v) is 5.39. The molecule has 0 unspecified atom stereocenters. The number of hydrogen-bond acceptors (Lipinski definition) is 5. The van der Waals surface area contributed by atoms with Gasteiger partial charge in [-0.3, -0.25) is 4.79 Å². The smallest absolute Gasteiger partial charge is 0.161 e. The summed E-state index contributed by atoms with van der Waals surface area (Å²) >= 11 is 3.68. The molecule has 0 radical (unpaired) electrons. The molecule has 0 aliphatic carbocycles. The van der Waals surface area contributed by atoms with Gasteiger partial charge in [-0.1, -0.05) is 24.3 Å². The van der Waals surface area contributed by atoms with E-state index >= 15 is 0 Å². The van der Waals surface area contributed by atoms with Crippen LogP contribution in [0, 0.1) is 0 Å². The van der Waals surface area contributed by atoms with Crippen molar-refractivity contribution < 1.29 is 24.1 Å². The van der Waals surface area contributed by atoms with Gasteiger partial charge >= 0.3 is 0 Å². The number of aromatic hydroxyl groups is 1. The van der Waals surface area contributed by atoms with E-state index in [-0.39, 0.29) is 11.3 Å². The monoisotopic (exact) mass is 440 g/mol. The van der Waals surface area contributed by atoms with Crippen LogP contribution in [-0.2, 0) is 6.61 Å². The number of phenols is 1. The van der Waals surface area contributed by atoms with E-state index in [0.29, 0.717) is 31.9 Å². The molecule has 0 fully saturated rings. The number of phenolic OH excluding ortho intramolecular Hbond substituents is 1. The molecule has 1 N–H and O–H groups in total. The number of rotatable bonds is 5. The van der Waals surface area contributed by atoms with Crippen LogP contribution in [0.1, 0.15) is 15.9 Å². The largest absolute Gasteiger partial charge is 0.507 e. The fourth-order valence-corrected chi connectivity index (χ4v) is 3.61. The maximum absolute atomic E-state index is 10.8. The van der Waals surface area contributed by atoms with E-state index in [0.717, 1.165) is 32.7 Å². The highest BCUT2D eigenvalue weighted by molar-refractivity contribution is 9.10. The van der Waals surface area contributed by atoms with Gasteiger partial charge in [-0.25, -0.2) is 0 Å². The van der Waals surface area contributed by atoms with Crippen molar-refractivity contribution >= 4 is 22.2 Å². The Labute approximate surface area is 170 Å². The number of benzene rings is 3. The summed E-state index contributed by atoms with van der Waals surface area (Å²) in [6, 6.07) is 16.4. The Morgan fingerprint density at radius 2 is 1.86 bits per heavy atom. The van der Waals surface area contributed by atoms with Crippen LogP contribution in [-0.4, -0.2) is 24.6 Å². The number of hydrogen-bond donors (Lipinski definition) is 1. The molecule has 0 atom stereocenters. The SMILES string of the molecule is O=Cc1ccc(OCc2cccc(-c3ccc4c(c3)OCCO4)c2Br)cc1O. The molecule has 1 aliphatic rings. The molecule has 4 rings (SSSR count). The minimum Gasteiger partial charge on any atom is -0.507 e. The maximum atomic E-state index is 10.8. The van der Waals surface area contributed by atoms with Crippen molar-refractivity contribution in [1.82, 2.24) is 0 Å². The number of fused-ring (bicyclic) bond motifs is 1. The van der Waals surface area contributed by atoms with Crippen LogP contribution in [0.15, 0.2) is 59.1 Å². The van der Waals surface area contributed by atoms with Crippen LogP contribution >= 0.6 is 15.9 Å². The highest BCUT2D eigenvalue weighted by atomic mass is 79.9. The lowest BCUT2D eigenvalue weighted by atomic mass is 10.0. The Bertz CT molecular complexity index is 1030. The maximum Gasteiger partial charge on any atom is 0.161 e. The van der Waals surface area contributed by atoms with Gasteiger partial charge in [-0.15, -0.1) is 0 Å². The zero-order chi connectivity index (χ0) is 19.5. The van der Waals surface area contributed by atoms with Crippen molar-refractivity contribution in [3.63, 3.8) is 0 Å². The summed E-state index contributed by atoms with van der Waals surface area (Å²) in [4.78, 5) is 10.8. The number of halogens is 1. The third-order valence-electron chi connectivity index (χ3n) is 4.46. The Hall–Kier alpha value is -2.99. The molecule has 5 nitrogen and oxygen atoms in total. The predicted molar refractivity (Wildman–Crippen MR) is 108 cm³/mol. The minimum absolute atomic E-state index is 0.100. The van der Waals surface area contributed by atoms with Crippen molar-refractivity contribution in [2.75, 3.05) is 13.2 Å². The molecule has 3 aromatic rings. The fourth-order valence-electron chi connectivity index (χ4n) is 3.00. The predicted octanol–water partition coefficient (Wildman–Crippen LogP) is 4.98. The molecule has 28 heavy (non-hydrogen) atoms. The van der Waals surface area contributed by atoms with Gasteiger partial charge in [-0.2, -0.15) is 0 Å². The number of carbonyl (C=O) groups is 1. The third kappa shape index (κ3) is 3.68. The standard InChI is InChI=1S/C22H17BrO5/c23-22-16(13-28-17-6-4-15(12-24)19(25)11-17)2-1-3-18(22)14-5-7-20-21(10-14)27-9-8-26-20/h1-7,10-12,25H,8-9,13H2. The summed E-state index contributed by atoms with van der Waals surface area (Å²) in [5.74, 6) is 1.88. The van der Waals surface area contributed by atoms with Crippen molar-refractivity contribution in [3.05, 3.63) is 70.2 Å². The fraction of sp³-hybridized carbons (Fsp3) is 0.136. The number of ether oxygens (including phenoxy) is 3. The van der Waals surface area contributed by atoms with Crippen molar-refractivity contribution in [1.29, 1.82) is 0 Å². The zero-order valence-corrected chi connectivity index (χ0v) is 16.4. The van der Waals surface area contributed by atoms with Crippen molar-refractivity contribution in [3.8, 4) is 34.1 Å². The van der Waals surface area contributed by atoms with Gasteiger partial charge in [0, 0.05) is 16.1 Å². The van der Waals surface area contributed by atoms with Gasteiger partial charge in [0.15, 0.2) is 17.8 Å². The average molecular weight is 441 g/mol. The van der Waals surface area contributed by atoms with Gasteiger partial charge < -0.3 is 19.3 Å². The van der Waals surface area contributed by atoms with Gasteiger partial charge in [0.05, 0.1) is 5.56 Å². The molecule has 6 heteroatoms. The average Bonchev–Trinajstić information content (AvgIpc) is 2.73. The molecular formula is C22H17BrO5. The second-order valence-corrected chi connectivity index (χ2v) is 7.06. The summed E-state index contributed by atoms with van der Waals surface area (Å²) in [6.45, 7) is 1.41. The van der Waals surface area contributed by atoms with E-state index in [4.69, 9.17) is 14.2 Å². The lowest BCUT2D eigenvalue weighted by Crippen LogP contribution is -2.15. The van der Waals surface area contributed by atoms with E-state index < -0.39 is 0 Å². The van der Waals surface area contributed by atoms with Gasteiger partial charge in [0.1, 0.15) is 31.3 Å². The second kappa shape index (κ2) is 7.94. The summed E-state index contributed by atoms with van der Waals surface area (Å²) in [7, 11) is 0. The molecule has 142 valence electrons. The molecule has 0 aromatic heterocycles. The lowest BCUT2D eigenvalue weighted by molar-refractivity contribution is 0.112. The number of aldehydes is 1. The number of carbonyl (C=O) groups excluding carboxylic acids is 1. The molecule has 1 heterocycles. The molecule has 0 amide bonds. The lowest BCUT2D eigenvalue weighted by Gasteiger charge is -2.19. The molecule has 0 saturated heterocycles. The second-order valence-electron chi connectivity index (χ2n) is 6.26. The zero-order valence-electron chi connectivity index (χ0n) is 14.9. The van der Waals surface area contributed by atoms with Gasteiger partial charge in [0.25, 0.3) is 0 Å². The minimum atomic E-state index is -0.100. The van der Waals surface area contributed by atoms with Crippen LogP contribution in [0.25, 0.3) is 11.1 Å². The Morgan fingerprint density at radius 1 is 1.04 bits per heavy atom. The highest BCUT2D eigenvalue weighted by Gasteiger charge is 2.15. The summed E-state index contributed by atoms with van der Waals surface area (Å²) in [6.07, 6.45) is 0.604. The first-order valence-corrected chi connectivity index (χ1v) is 9.53. The Kier molecular flexibility index (Phi) is 5.21. The molecule has 0 saturated carbocycles. The molecule has 3 aromatic carbocycles. The molecular weight excluding hydrogens is 424 g/mol. The first-order chi connectivity index (χ1) is 13.7. The highest BCUT2D eigenvalue weighted by Crippen LogP contribution is 2.38. The molecule has 0 spiro atoms. The van der Waals surface area contributed by atoms with Crippen molar-refractivity contribution in [2.45, 2.75) is 6.61 Å². The summed E-state index contributed by atoms with van der Waals surface area (Å²) in [5.41, 5.74) is 3.20. The topological polar surface area (TPSA) is 65.0 Å². The first kappa shape index (κ1) is 18.4. The van der Waals surface area contributed by atoms with Crippen LogP contribution in [0.3, 0.4) is 0 Å². The normalized spacial score (nSPS) is 12.5. The van der Waals surface area contributed by atoms with Crippen LogP contribution in [0.2, 0.25) is 0 Å². The van der Waals surface area contributed by atoms with Crippen molar-refractivity contribution in [2.24, 2.45) is 0 Å². The van der Waals surface area contributed by atoms with E-state index in [2.05, 4.69) is 15.9 Å². The van der Waals surface area contributed by atoms with E-state index in [1.165, 1.54) is 12.1 Å². The van der Waals surface area contributed by atoms with E-state index in [9.17, 15) is 9.90 Å². The molecule has 1 aliphatic heterocycles. The van der Waals surface area contributed by atoms with Gasteiger partial charge in [0.2, 0.25) is 0 Å². The van der Waals surface area contributed by atoms with E-state index in [1.807, 2.05) is 36.4 Å². The molecule has 0 bridgehead atoms. The Morgan fingerprint density at radius 3 is 2.64 bits per heavy atom. The first-order valence-electron chi connectivity index (χ1n) is 8.74. The van der Waals surface area contributed by atoms with E-state index in [1.54, 1.807) is 6.07 Å². The van der Waals surface area contributed by atoms with Gasteiger partial charge in [-0.05, 0) is 51.3 Å².